The maximum atomic E-state index is 5.10. The average Bonchev–Trinajstić information content (AvgIpc) is 3.09. The molecule has 1 saturated heterocycles. The second-order valence-corrected chi connectivity index (χ2v) is 7.32. The van der Waals surface area contributed by atoms with Crippen LogP contribution in [0.2, 0.25) is 0 Å². The summed E-state index contributed by atoms with van der Waals surface area (Å²) in [5.41, 5.74) is 4.37. The molecule has 0 unspecified atom stereocenters. The Hall–Kier alpha value is -1.28. The quantitative estimate of drug-likeness (QED) is 0.479. The summed E-state index contributed by atoms with van der Waals surface area (Å²) in [6.07, 6.45) is 19.8. The molecule has 0 spiro atoms. The number of piperidine rings is 1. The van der Waals surface area contributed by atoms with Gasteiger partial charge >= 0.3 is 0 Å². The second-order valence-electron chi connectivity index (χ2n) is 7.32. The third-order valence-corrected chi connectivity index (χ3v) is 5.03. The van der Waals surface area contributed by atoms with Crippen LogP contribution in [0.15, 0.2) is 46.3 Å². The average molecular weight is 330 g/mol. The summed E-state index contributed by atoms with van der Waals surface area (Å²) >= 11 is 0. The lowest BCUT2D eigenvalue weighted by molar-refractivity contribution is 0.226. The van der Waals surface area contributed by atoms with Crippen LogP contribution in [0.5, 0.6) is 0 Å². The van der Waals surface area contributed by atoms with Crippen LogP contribution in [-0.2, 0) is 6.42 Å². The van der Waals surface area contributed by atoms with Crippen LogP contribution in [0.1, 0.15) is 70.8 Å². The Bertz CT molecular complexity index is 492. The first-order valence-electron chi connectivity index (χ1n) is 9.79. The van der Waals surface area contributed by atoms with Gasteiger partial charge in [0.15, 0.2) is 0 Å². The fourth-order valence-electron chi connectivity index (χ4n) is 3.44. The molecule has 0 N–H and O–H groups in total. The van der Waals surface area contributed by atoms with Gasteiger partial charge in [-0.1, -0.05) is 29.7 Å². The molecule has 24 heavy (non-hydrogen) atoms. The molecule has 0 radical (unpaired) electrons. The van der Waals surface area contributed by atoms with Crippen molar-refractivity contribution < 1.29 is 4.42 Å². The van der Waals surface area contributed by atoms with Crippen LogP contribution in [0.25, 0.3) is 0 Å². The molecule has 1 aromatic heterocycles. The summed E-state index contributed by atoms with van der Waals surface area (Å²) in [4.78, 5) is 2.64. The minimum atomic E-state index is 1.08. The lowest BCUT2D eigenvalue weighted by Gasteiger charge is -2.26. The second kappa shape index (κ2) is 11.3. The highest BCUT2D eigenvalue weighted by molar-refractivity contribution is 5.08. The summed E-state index contributed by atoms with van der Waals surface area (Å²) in [6.45, 7) is 8.50. The number of aryl methyl sites for hydroxylation is 1. The molecule has 0 aliphatic carbocycles. The standard InChI is InChI=1S/C22H35NO/c1-20(11-7-13-22-14-18-24-19-22)9-6-10-21(2)12-8-17-23-15-4-3-5-16-23/h10-11,14,18-19H,3-9,12-13,15-17H2,1-2H3/b20-11+,21-10+. The van der Waals surface area contributed by atoms with Crippen molar-refractivity contribution in [3.63, 3.8) is 0 Å². The predicted octanol–water partition coefficient (Wildman–Crippen LogP) is 6.15. The molecule has 0 saturated carbocycles. The molecule has 2 heteroatoms. The van der Waals surface area contributed by atoms with Gasteiger partial charge in [-0.2, -0.15) is 0 Å². The fourth-order valence-corrected chi connectivity index (χ4v) is 3.44. The maximum Gasteiger partial charge on any atom is 0.0934 e. The molecule has 2 nitrogen and oxygen atoms in total. The van der Waals surface area contributed by atoms with E-state index in [0.29, 0.717) is 0 Å². The fraction of sp³-hybridized carbons (Fsp3) is 0.636. The summed E-state index contributed by atoms with van der Waals surface area (Å²) in [5, 5.41) is 0. The van der Waals surface area contributed by atoms with Crippen molar-refractivity contribution >= 4 is 0 Å². The minimum absolute atomic E-state index is 1.08. The van der Waals surface area contributed by atoms with Gasteiger partial charge in [0, 0.05) is 0 Å². The Balaban J connectivity index is 1.54. The number of likely N-dealkylation sites (tertiary alicyclic amines) is 1. The summed E-state index contributed by atoms with van der Waals surface area (Å²) in [5.74, 6) is 0. The van der Waals surface area contributed by atoms with E-state index < -0.39 is 0 Å². The van der Waals surface area contributed by atoms with Gasteiger partial charge < -0.3 is 9.32 Å². The van der Waals surface area contributed by atoms with Crippen LogP contribution >= 0.6 is 0 Å². The van der Waals surface area contributed by atoms with Crippen LogP contribution in [0, 0.1) is 0 Å². The van der Waals surface area contributed by atoms with E-state index in [1.165, 1.54) is 75.7 Å². The number of hydrogen-bond donors (Lipinski definition) is 0. The number of nitrogens with zero attached hydrogens (tertiary/aromatic N) is 1. The third kappa shape index (κ3) is 8.01. The van der Waals surface area contributed by atoms with Gasteiger partial charge in [0.1, 0.15) is 0 Å². The van der Waals surface area contributed by atoms with Crippen molar-refractivity contribution in [1.82, 2.24) is 4.90 Å². The lowest BCUT2D eigenvalue weighted by Crippen LogP contribution is -2.30. The molecule has 1 aliphatic heterocycles. The Morgan fingerprint density at radius 3 is 2.54 bits per heavy atom. The highest BCUT2D eigenvalue weighted by Gasteiger charge is 2.08. The molecular weight excluding hydrogens is 294 g/mol. The van der Waals surface area contributed by atoms with Crippen molar-refractivity contribution in [2.75, 3.05) is 19.6 Å². The lowest BCUT2D eigenvalue weighted by atomic mass is 10.0. The van der Waals surface area contributed by atoms with Crippen LogP contribution < -0.4 is 0 Å². The normalized spacial score (nSPS) is 17.4. The van der Waals surface area contributed by atoms with Gasteiger partial charge in [-0.05, 0) is 96.5 Å². The van der Waals surface area contributed by atoms with Crippen molar-refractivity contribution in [2.24, 2.45) is 0 Å². The third-order valence-electron chi connectivity index (χ3n) is 5.03. The monoisotopic (exact) mass is 329 g/mol. The zero-order chi connectivity index (χ0) is 17.0. The van der Waals surface area contributed by atoms with Crippen molar-refractivity contribution in [2.45, 2.75) is 71.6 Å². The van der Waals surface area contributed by atoms with E-state index in [-0.39, 0.29) is 0 Å². The Kier molecular flexibility index (Phi) is 8.97. The molecule has 0 atom stereocenters. The van der Waals surface area contributed by atoms with Gasteiger partial charge in [0.05, 0.1) is 12.5 Å². The summed E-state index contributed by atoms with van der Waals surface area (Å²) < 4.78 is 5.10. The molecule has 0 amide bonds. The zero-order valence-electron chi connectivity index (χ0n) is 15.7. The largest absolute Gasteiger partial charge is 0.472 e. The maximum absolute atomic E-state index is 5.10. The number of furan rings is 1. The molecule has 0 bridgehead atoms. The topological polar surface area (TPSA) is 16.4 Å². The molecule has 0 aromatic carbocycles. The van der Waals surface area contributed by atoms with Gasteiger partial charge in [0.2, 0.25) is 0 Å². The van der Waals surface area contributed by atoms with Crippen molar-refractivity contribution in [3.8, 4) is 0 Å². The molecule has 1 aliphatic rings. The minimum Gasteiger partial charge on any atom is -0.472 e. The highest BCUT2D eigenvalue weighted by Crippen LogP contribution is 2.14. The Morgan fingerprint density at radius 1 is 1.04 bits per heavy atom. The van der Waals surface area contributed by atoms with Crippen molar-refractivity contribution in [1.29, 1.82) is 0 Å². The number of allylic oxidation sites excluding steroid dienone is 4. The molecule has 134 valence electrons. The van der Waals surface area contributed by atoms with Crippen LogP contribution in [0.3, 0.4) is 0 Å². The zero-order valence-corrected chi connectivity index (χ0v) is 15.7. The Labute approximate surface area is 148 Å². The summed E-state index contributed by atoms with van der Waals surface area (Å²) in [6, 6.07) is 2.05. The van der Waals surface area contributed by atoms with Gasteiger partial charge in [-0.25, -0.2) is 0 Å². The number of rotatable bonds is 10. The summed E-state index contributed by atoms with van der Waals surface area (Å²) in [7, 11) is 0. The molecule has 1 aromatic rings. The molecule has 2 heterocycles. The SMILES string of the molecule is C/C(=C\CCc1ccoc1)CC/C=C(\C)CCCN1CCCCC1. The first kappa shape index (κ1) is 19.1. The Morgan fingerprint density at radius 2 is 1.79 bits per heavy atom. The first-order chi connectivity index (χ1) is 11.7. The van der Waals surface area contributed by atoms with Gasteiger partial charge in [-0.3, -0.25) is 0 Å². The van der Waals surface area contributed by atoms with Gasteiger partial charge in [-0.15, -0.1) is 0 Å². The molecule has 1 fully saturated rings. The van der Waals surface area contributed by atoms with E-state index in [1.807, 2.05) is 6.26 Å². The smallest absolute Gasteiger partial charge is 0.0934 e. The van der Waals surface area contributed by atoms with Gasteiger partial charge in [0.25, 0.3) is 0 Å². The van der Waals surface area contributed by atoms with E-state index >= 15 is 0 Å². The highest BCUT2D eigenvalue weighted by atomic mass is 16.3. The van der Waals surface area contributed by atoms with E-state index in [1.54, 1.807) is 11.8 Å². The van der Waals surface area contributed by atoms with E-state index in [2.05, 4.69) is 37.0 Å². The van der Waals surface area contributed by atoms with E-state index in [0.717, 1.165) is 12.8 Å². The first-order valence-corrected chi connectivity index (χ1v) is 9.79. The number of hydrogen-bond acceptors (Lipinski definition) is 2. The molecular formula is C22H35NO. The van der Waals surface area contributed by atoms with Crippen LogP contribution in [0.4, 0.5) is 0 Å². The van der Waals surface area contributed by atoms with Crippen LogP contribution in [-0.4, -0.2) is 24.5 Å². The predicted molar refractivity (Wildman–Crippen MR) is 103 cm³/mol. The molecule has 2 rings (SSSR count). The van der Waals surface area contributed by atoms with E-state index in [4.69, 9.17) is 4.42 Å². The van der Waals surface area contributed by atoms with E-state index in [9.17, 15) is 0 Å². The van der Waals surface area contributed by atoms with Crippen molar-refractivity contribution in [3.05, 3.63) is 47.5 Å².